The highest BCUT2D eigenvalue weighted by Crippen LogP contribution is 2.23. The molecule has 0 atom stereocenters. The number of hydrogen-bond donors (Lipinski definition) is 1. The Labute approximate surface area is 111 Å². The largest absolute Gasteiger partial charge is 0.497 e. The van der Waals surface area contributed by atoms with E-state index in [1.165, 1.54) is 0 Å². The van der Waals surface area contributed by atoms with Crippen LogP contribution in [-0.2, 0) is 4.79 Å². The van der Waals surface area contributed by atoms with Gasteiger partial charge < -0.3 is 9.84 Å². The van der Waals surface area contributed by atoms with Crippen LogP contribution in [-0.4, -0.2) is 18.2 Å². The highest BCUT2D eigenvalue weighted by atomic mass is 16.5. The summed E-state index contributed by atoms with van der Waals surface area (Å²) in [5.41, 5.74) is 2.96. The van der Waals surface area contributed by atoms with Crippen LogP contribution in [0.3, 0.4) is 0 Å². The Balaban J connectivity index is 2.29. The molecule has 0 aliphatic heterocycles. The third-order valence-corrected chi connectivity index (χ3v) is 2.73. The van der Waals surface area contributed by atoms with E-state index in [9.17, 15) is 4.79 Å². The molecule has 3 nitrogen and oxygen atoms in total. The molecular weight excluding hydrogens is 240 g/mol. The topological polar surface area (TPSA) is 46.5 Å². The van der Waals surface area contributed by atoms with Crippen molar-refractivity contribution < 1.29 is 14.6 Å². The van der Waals surface area contributed by atoms with E-state index in [1.807, 2.05) is 48.5 Å². The Bertz CT molecular complexity index is 598. The lowest BCUT2D eigenvalue weighted by atomic mass is 10.0. The molecule has 0 aliphatic rings. The van der Waals surface area contributed by atoms with Gasteiger partial charge in [-0.1, -0.05) is 30.3 Å². The molecule has 2 aromatic carbocycles. The average molecular weight is 254 g/mol. The summed E-state index contributed by atoms with van der Waals surface area (Å²) in [6.45, 7) is 0. The fourth-order valence-corrected chi connectivity index (χ4v) is 1.77. The minimum atomic E-state index is -0.949. The quantitative estimate of drug-likeness (QED) is 0.850. The monoisotopic (exact) mass is 254 g/mol. The highest BCUT2D eigenvalue weighted by Gasteiger charge is 1.99. The van der Waals surface area contributed by atoms with E-state index in [0.717, 1.165) is 28.5 Å². The van der Waals surface area contributed by atoms with Crippen molar-refractivity contribution >= 4 is 12.0 Å². The number of ether oxygens (including phenoxy) is 1. The molecule has 0 aromatic heterocycles. The molecule has 2 aromatic rings. The fourth-order valence-electron chi connectivity index (χ4n) is 1.77. The number of carboxylic acids is 1. The first-order valence-electron chi connectivity index (χ1n) is 5.84. The van der Waals surface area contributed by atoms with Gasteiger partial charge in [-0.05, 0) is 41.0 Å². The molecule has 0 radical (unpaired) electrons. The lowest BCUT2D eigenvalue weighted by Crippen LogP contribution is -1.86. The van der Waals surface area contributed by atoms with Crippen LogP contribution >= 0.6 is 0 Å². The lowest BCUT2D eigenvalue weighted by Gasteiger charge is -2.04. The van der Waals surface area contributed by atoms with Crippen LogP contribution in [0, 0.1) is 0 Å². The number of carboxylic acid groups (broad SMARTS) is 1. The van der Waals surface area contributed by atoms with Crippen LogP contribution in [0.25, 0.3) is 17.2 Å². The van der Waals surface area contributed by atoms with E-state index in [4.69, 9.17) is 9.84 Å². The summed E-state index contributed by atoms with van der Waals surface area (Å²) in [6.07, 6.45) is 2.71. The third-order valence-electron chi connectivity index (χ3n) is 2.73. The van der Waals surface area contributed by atoms with Crippen molar-refractivity contribution in [3.63, 3.8) is 0 Å². The molecule has 0 fully saturated rings. The van der Waals surface area contributed by atoms with Crippen molar-refractivity contribution in [3.8, 4) is 16.9 Å². The van der Waals surface area contributed by atoms with Gasteiger partial charge in [-0.25, -0.2) is 4.79 Å². The van der Waals surface area contributed by atoms with Gasteiger partial charge in [0.25, 0.3) is 0 Å². The lowest BCUT2D eigenvalue weighted by molar-refractivity contribution is -0.131. The van der Waals surface area contributed by atoms with Gasteiger partial charge in [0.2, 0.25) is 0 Å². The minimum absolute atomic E-state index is 0.811. The highest BCUT2D eigenvalue weighted by molar-refractivity contribution is 5.85. The van der Waals surface area contributed by atoms with E-state index in [-0.39, 0.29) is 0 Å². The van der Waals surface area contributed by atoms with Crippen LogP contribution in [0.2, 0.25) is 0 Å². The normalized spacial score (nSPS) is 10.6. The van der Waals surface area contributed by atoms with Gasteiger partial charge in [0.1, 0.15) is 5.75 Å². The van der Waals surface area contributed by atoms with E-state index in [2.05, 4.69) is 0 Å². The number of methoxy groups -OCH3 is 1. The predicted molar refractivity (Wildman–Crippen MR) is 75.1 cm³/mol. The maximum absolute atomic E-state index is 10.5. The van der Waals surface area contributed by atoms with Gasteiger partial charge in [-0.2, -0.15) is 0 Å². The summed E-state index contributed by atoms with van der Waals surface area (Å²) in [5.74, 6) is -0.138. The van der Waals surface area contributed by atoms with Gasteiger partial charge in [-0.15, -0.1) is 0 Å². The summed E-state index contributed by atoms with van der Waals surface area (Å²) >= 11 is 0. The van der Waals surface area contributed by atoms with E-state index in [0.29, 0.717) is 0 Å². The molecule has 0 unspecified atom stereocenters. The number of aliphatic carboxylic acids is 1. The van der Waals surface area contributed by atoms with Gasteiger partial charge in [-0.3, -0.25) is 0 Å². The van der Waals surface area contributed by atoms with Crippen molar-refractivity contribution in [1.82, 2.24) is 0 Å². The second-order valence-corrected chi connectivity index (χ2v) is 4.03. The summed E-state index contributed by atoms with van der Waals surface area (Å²) in [4.78, 5) is 10.5. The summed E-state index contributed by atoms with van der Waals surface area (Å²) in [6, 6.07) is 15.4. The molecular formula is C16H14O3. The Kier molecular flexibility index (Phi) is 3.98. The first-order chi connectivity index (χ1) is 9.19. The van der Waals surface area contributed by atoms with Crippen LogP contribution in [0.4, 0.5) is 0 Å². The minimum Gasteiger partial charge on any atom is -0.497 e. The predicted octanol–water partition coefficient (Wildman–Crippen LogP) is 3.46. The third kappa shape index (κ3) is 3.45. The van der Waals surface area contributed by atoms with Crippen LogP contribution in [0.1, 0.15) is 5.56 Å². The Morgan fingerprint density at radius 2 is 1.84 bits per heavy atom. The molecule has 0 heterocycles. The van der Waals surface area contributed by atoms with Crippen LogP contribution < -0.4 is 4.74 Å². The van der Waals surface area contributed by atoms with Crippen LogP contribution in [0.5, 0.6) is 5.75 Å². The van der Waals surface area contributed by atoms with Gasteiger partial charge >= 0.3 is 5.97 Å². The molecule has 0 saturated heterocycles. The second kappa shape index (κ2) is 5.87. The maximum atomic E-state index is 10.5. The Morgan fingerprint density at radius 3 is 2.47 bits per heavy atom. The molecule has 1 N–H and O–H groups in total. The SMILES string of the molecule is COc1ccc(-c2cccc(/C=C\C(=O)O)c2)cc1. The number of rotatable bonds is 4. The Hall–Kier alpha value is -2.55. The smallest absolute Gasteiger partial charge is 0.328 e. The molecule has 0 saturated carbocycles. The van der Waals surface area contributed by atoms with Crippen molar-refractivity contribution in [3.05, 3.63) is 60.2 Å². The van der Waals surface area contributed by atoms with Gasteiger partial charge in [0.05, 0.1) is 7.11 Å². The van der Waals surface area contributed by atoms with E-state index >= 15 is 0 Å². The molecule has 0 bridgehead atoms. The molecule has 96 valence electrons. The molecule has 2 rings (SSSR count). The summed E-state index contributed by atoms with van der Waals surface area (Å²) < 4.78 is 5.12. The number of hydrogen-bond acceptors (Lipinski definition) is 2. The maximum Gasteiger partial charge on any atom is 0.328 e. The first-order valence-corrected chi connectivity index (χ1v) is 5.84. The standard InChI is InChI=1S/C16H14O3/c1-19-15-8-6-13(7-9-15)14-4-2-3-12(11-14)5-10-16(17)18/h2-11H,1H3,(H,17,18)/b10-5-. The van der Waals surface area contributed by atoms with Crippen LogP contribution in [0.15, 0.2) is 54.6 Å². The van der Waals surface area contributed by atoms with Gasteiger partial charge in [0, 0.05) is 6.08 Å². The first kappa shape index (κ1) is 12.9. The number of carbonyl (C=O) groups is 1. The van der Waals surface area contributed by atoms with Crippen molar-refractivity contribution in [2.24, 2.45) is 0 Å². The van der Waals surface area contributed by atoms with Crippen molar-refractivity contribution in [1.29, 1.82) is 0 Å². The number of benzene rings is 2. The summed E-state index contributed by atoms with van der Waals surface area (Å²) in [7, 11) is 1.63. The Morgan fingerprint density at radius 1 is 1.11 bits per heavy atom. The van der Waals surface area contributed by atoms with Crippen molar-refractivity contribution in [2.45, 2.75) is 0 Å². The molecule has 3 heteroatoms. The average Bonchev–Trinajstić information content (AvgIpc) is 2.45. The van der Waals surface area contributed by atoms with E-state index < -0.39 is 5.97 Å². The zero-order chi connectivity index (χ0) is 13.7. The zero-order valence-corrected chi connectivity index (χ0v) is 10.5. The fraction of sp³-hybridized carbons (Fsp3) is 0.0625. The zero-order valence-electron chi connectivity index (χ0n) is 10.5. The van der Waals surface area contributed by atoms with Gasteiger partial charge in [0.15, 0.2) is 0 Å². The molecule has 0 amide bonds. The van der Waals surface area contributed by atoms with Crippen molar-refractivity contribution in [2.75, 3.05) is 7.11 Å². The molecule has 19 heavy (non-hydrogen) atoms. The second-order valence-electron chi connectivity index (χ2n) is 4.03. The van der Waals surface area contributed by atoms with E-state index in [1.54, 1.807) is 13.2 Å². The molecule has 0 spiro atoms. The summed E-state index contributed by atoms with van der Waals surface area (Å²) in [5, 5.41) is 8.62. The molecule has 0 aliphatic carbocycles.